The first-order chi connectivity index (χ1) is 7.55. The second-order valence-electron chi connectivity index (χ2n) is 4.01. The van der Waals surface area contributed by atoms with Crippen LogP contribution in [0.25, 0.3) is 0 Å². The molecular weight excluding hydrogens is 294 g/mol. The molecule has 90 valence electrons. The van der Waals surface area contributed by atoms with Crippen LogP contribution in [0.5, 0.6) is 0 Å². The number of nitrogens with one attached hydrogen (secondary N) is 1. The lowest BCUT2D eigenvalue weighted by atomic mass is 10.1. The smallest absolute Gasteiger partial charge is 0.169 e. The monoisotopic (exact) mass is 307 g/mol. The molecule has 6 heteroatoms. The summed E-state index contributed by atoms with van der Waals surface area (Å²) in [5, 5.41) is 3.31. The molecule has 1 aliphatic rings. The van der Waals surface area contributed by atoms with Crippen LogP contribution in [0.15, 0.2) is 21.2 Å². The quantitative estimate of drug-likeness (QED) is 0.923. The molecule has 0 atom stereocenters. The molecule has 2 heterocycles. The van der Waals surface area contributed by atoms with Gasteiger partial charge in [-0.3, -0.25) is 0 Å². The van der Waals surface area contributed by atoms with E-state index in [1.807, 2.05) is 12.1 Å². The average molecular weight is 308 g/mol. The molecule has 0 amide bonds. The standard InChI is InChI=1S/C10H14BrNO3S/c11-10-2-1-9(15-10)7-12-8-3-5-16(13,14)6-4-8/h1-2,8,12H,3-7H2. The van der Waals surface area contributed by atoms with Gasteiger partial charge in [-0.1, -0.05) is 0 Å². The van der Waals surface area contributed by atoms with Crippen LogP contribution in [-0.2, 0) is 16.4 Å². The van der Waals surface area contributed by atoms with Gasteiger partial charge in [0.2, 0.25) is 0 Å². The van der Waals surface area contributed by atoms with Gasteiger partial charge in [-0.25, -0.2) is 8.42 Å². The second kappa shape index (κ2) is 4.89. The van der Waals surface area contributed by atoms with Crippen molar-refractivity contribution in [3.63, 3.8) is 0 Å². The highest BCUT2D eigenvalue weighted by atomic mass is 79.9. The normalized spacial score (nSPS) is 21.1. The Morgan fingerprint density at radius 2 is 2.06 bits per heavy atom. The molecule has 1 aromatic rings. The van der Waals surface area contributed by atoms with E-state index in [2.05, 4.69) is 21.2 Å². The number of rotatable bonds is 3. The fourth-order valence-corrected chi connectivity index (χ4v) is 3.62. The molecule has 1 saturated heterocycles. The van der Waals surface area contributed by atoms with E-state index in [0.29, 0.717) is 30.9 Å². The van der Waals surface area contributed by atoms with Crippen LogP contribution >= 0.6 is 15.9 Å². The maximum Gasteiger partial charge on any atom is 0.169 e. The number of hydrogen-bond acceptors (Lipinski definition) is 4. The molecule has 16 heavy (non-hydrogen) atoms. The maximum atomic E-state index is 11.2. The van der Waals surface area contributed by atoms with Crippen molar-refractivity contribution in [2.75, 3.05) is 11.5 Å². The van der Waals surface area contributed by atoms with Gasteiger partial charge in [0.1, 0.15) is 15.6 Å². The summed E-state index contributed by atoms with van der Waals surface area (Å²) in [5.41, 5.74) is 0. The van der Waals surface area contributed by atoms with E-state index >= 15 is 0 Å². The molecule has 4 nitrogen and oxygen atoms in total. The molecule has 0 saturated carbocycles. The number of hydrogen-bond donors (Lipinski definition) is 1. The molecule has 1 aliphatic heterocycles. The van der Waals surface area contributed by atoms with Gasteiger partial charge in [0.15, 0.2) is 4.67 Å². The zero-order chi connectivity index (χ0) is 11.6. The zero-order valence-corrected chi connectivity index (χ0v) is 11.2. The highest BCUT2D eigenvalue weighted by Gasteiger charge is 2.23. The minimum atomic E-state index is -2.77. The maximum absolute atomic E-state index is 11.2. The van der Waals surface area contributed by atoms with E-state index in [0.717, 1.165) is 10.4 Å². The molecular formula is C10H14BrNO3S. The summed E-state index contributed by atoms with van der Waals surface area (Å²) in [6, 6.07) is 4.03. The van der Waals surface area contributed by atoms with Crippen molar-refractivity contribution >= 4 is 25.8 Å². The van der Waals surface area contributed by atoms with Crippen LogP contribution in [0.1, 0.15) is 18.6 Å². The van der Waals surface area contributed by atoms with E-state index in [4.69, 9.17) is 4.42 Å². The third kappa shape index (κ3) is 3.33. The van der Waals surface area contributed by atoms with Crippen molar-refractivity contribution in [3.8, 4) is 0 Å². The van der Waals surface area contributed by atoms with Gasteiger partial charge in [0.25, 0.3) is 0 Å². The summed E-state index contributed by atoms with van der Waals surface area (Å²) in [6.45, 7) is 0.649. The van der Waals surface area contributed by atoms with Gasteiger partial charge in [-0.15, -0.1) is 0 Å². The molecule has 1 fully saturated rings. The van der Waals surface area contributed by atoms with Crippen molar-refractivity contribution in [2.24, 2.45) is 0 Å². The third-order valence-electron chi connectivity index (χ3n) is 2.75. The van der Waals surface area contributed by atoms with Crippen molar-refractivity contribution in [1.29, 1.82) is 0 Å². The SMILES string of the molecule is O=S1(=O)CCC(NCc2ccc(Br)o2)CC1. The molecule has 0 unspecified atom stereocenters. The lowest BCUT2D eigenvalue weighted by molar-refractivity contribution is 0.414. The summed E-state index contributed by atoms with van der Waals surface area (Å²) in [4.78, 5) is 0. The number of sulfone groups is 1. The summed E-state index contributed by atoms with van der Waals surface area (Å²) in [7, 11) is -2.77. The van der Waals surface area contributed by atoms with Crippen LogP contribution in [-0.4, -0.2) is 26.0 Å². The Morgan fingerprint density at radius 3 is 2.62 bits per heavy atom. The Hall–Kier alpha value is -0.330. The van der Waals surface area contributed by atoms with Crippen LogP contribution in [0.2, 0.25) is 0 Å². The highest BCUT2D eigenvalue weighted by Crippen LogP contribution is 2.16. The molecule has 2 rings (SSSR count). The lowest BCUT2D eigenvalue weighted by Crippen LogP contribution is -2.37. The van der Waals surface area contributed by atoms with Gasteiger partial charge in [0.05, 0.1) is 18.1 Å². The van der Waals surface area contributed by atoms with Crippen LogP contribution in [0, 0.1) is 0 Å². The van der Waals surface area contributed by atoms with Gasteiger partial charge >= 0.3 is 0 Å². The molecule has 1 N–H and O–H groups in total. The predicted octanol–water partition coefficient (Wildman–Crippen LogP) is 1.71. The van der Waals surface area contributed by atoms with Crippen LogP contribution in [0.3, 0.4) is 0 Å². The molecule has 0 bridgehead atoms. The van der Waals surface area contributed by atoms with Gasteiger partial charge < -0.3 is 9.73 Å². The molecule has 0 radical (unpaired) electrons. The molecule has 1 aromatic heterocycles. The summed E-state index contributed by atoms with van der Waals surface area (Å²) in [5.74, 6) is 1.46. The van der Waals surface area contributed by atoms with Crippen LogP contribution < -0.4 is 5.32 Å². The average Bonchev–Trinajstić information content (AvgIpc) is 2.63. The van der Waals surface area contributed by atoms with Crippen molar-refractivity contribution in [3.05, 3.63) is 22.6 Å². The summed E-state index contributed by atoms with van der Waals surface area (Å²) >= 11 is 3.24. The molecule has 0 aliphatic carbocycles. The Bertz CT molecular complexity index is 440. The second-order valence-corrected chi connectivity index (χ2v) is 7.10. The number of halogens is 1. The van der Waals surface area contributed by atoms with Gasteiger partial charge in [-0.2, -0.15) is 0 Å². The Morgan fingerprint density at radius 1 is 1.38 bits per heavy atom. The molecule has 0 aromatic carbocycles. The molecule has 0 spiro atoms. The Labute approximate surface area is 103 Å². The van der Waals surface area contributed by atoms with E-state index in [1.165, 1.54) is 0 Å². The first-order valence-corrected chi connectivity index (χ1v) is 7.85. The Balaban J connectivity index is 1.80. The Kier molecular flexibility index (Phi) is 3.71. The van der Waals surface area contributed by atoms with E-state index in [9.17, 15) is 8.42 Å². The largest absolute Gasteiger partial charge is 0.453 e. The van der Waals surface area contributed by atoms with Crippen molar-refractivity contribution in [2.45, 2.75) is 25.4 Å². The topological polar surface area (TPSA) is 59.3 Å². The van der Waals surface area contributed by atoms with Crippen molar-refractivity contribution < 1.29 is 12.8 Å². The van der Waals surface area contributed by atoms with E-state index in [-0.39, 0.29) is 6.04 Å². The van der Waals surface area contributed by atoms with Gasteiger partial charge in [-0.05, 0) is 40.9 Å². The van der Waals surface area contributed by atoms with E-state index in [1.54, 1.807) is 0 Å². The minimum Gasteiger partial charge on any atom is -0.453 e. The minimum absolute atomic E-state index is 0.285. The predicted molar refractivity (Wildman–Crippen MR) is 64.9 cm³/mol. The number of furan rings is 1. The fraction of sp³-hybridized carbons (Fsp3) is 0.600. The van der Waals surface area contributed by atoms with Crippen LogP contribution in [0.4, 0.5) is 0 Å². The zero-order valence-electron chi connectivity index (χ0n) is 8.78. The van der Waals surface area contributed by atoms with Gasteiger partial charge in [0, 0.05) is 6.04 Å². The summed E-state index contributed by atoms with van der Waals surface area (Å²) in [6.07, 6.45) is 1.40. The first-order valence-electron chi connectivity index (χ1n) is 5.23. The fourth-order valence-electron chi connectivity index (χ4n) is 1.79. The third-order valence-corrected chi connectivity index (χ3v) is 4.89. The van der Waals surface area contributed by atoms with E-state index < -0.39 is 9.84 Å². The van der Waals surface area contributed by atoms with Crippen molar-refractivity contribution in [1.82, 2.24) is 5.32 Å². The summed E-state index contributed by atoms with van der Waals surface area (Å²) < 4.78 is 28.5. The highest BCUT2D eigenvalue weighted by molar-refractivity contribution is 9.10. The lowest BCUT2D eigenvalue weighted by Gasteiger charge is -2.22. The first kappa shape index (κ1) is 12.1.